The predicted octanol–water partition coefficient (Wildman–Crippen LogP) is 4.89. The van der Waals surface area contributed by atoms with E-state index in [4.69, 9.17) is 0 Å². The third kappa shape index (κ3) is 4.80. The lowest BCUT2D eigenvalue weighted by atomic mass is 10.1. The van der Waals surface area contributed by atoms with Crippen molar-refractivity contribution in [2.75, 3.05) is 0 Å². The van der Waals surface area contributed by atoms with E-state index in [0.717, 1.165) is 33.6 Å². The number of aryl methyl sites for hydroxylation is 2. The largest absolute Gasteiger partial charge is 0.347 e. The summed E-state index contributed by atoms with van der Waals surface area (Å²) in [6, 6.07) is 15.6. The number of hydrogen-bond acceptors (Lipinski definition) is 4. The zero-order chi connectivity index (χ0) is 21.8. The maximum Gasteiger partial charge on any atom is 0.270 e. The van der Waals surface area contributed by atoms with Crippen molar-refractivity contribution in [3.8, 4) is 22.4 Å². The molecule has 1 N–H and O–H groups in total. The number of hydrogen-bond donors (Lipinski definition) is 1. The molecule has 0 saturated carbocycles. The zero-order valence-corrected chi connectivity index (χ0v) is 17.3. The molecule has 0 atom stereocenters. The van der Waals surface area contributed by atoms with Gasteiger partial charge in [-0.25, -0.2) is 4.39 Å². The highest BCUT2D eigenvalue weighted by Crippen LogP contribution is 2.22. The number of nitrogens with zero attached hydrogens (tertiary/aromatic N) is 3. The fraction of sp³-hybridized carbons (Fsp3) is 0.120. The fourth-order valence-corrected chi connectivity index (χ4v) is 3.36. The first-order chi connectivity index (χ1) is 15.0. The van der Waals surface area contributed by atoms with E-state index >= 15 is 0 Å². The quantitative estimate of drug-likeness (QED) is 0.507. The number of rotatable bonds is 5. The lowest BCUT2D eigenvalue weighted by Gasteiger charge is -2.10. The monoisotopic (exact) mass is 412 g/mol. The summed E-state index contributed by atoms with van der Waals surface area (Å²) in [4.78, 5) is 25.5. The van der Waals surface area contributed by atoms with Crippen LogP contribution in [0.1, 0.15) is 27.3 Å². The molecule has 0 saturated heterocycles. The highest BCUT2D eigenvalue weighted by molar-refractivity contribution is 5.92. The van der Waals surface area contributed by atoms with Crippen LogP contribution in [-0.4, -0.2) is 20.9 Å². The lowest BCUT2D eigenvalue weighted by molar-refractivity contribution is 0.0946. The van der Waals surface area contributed by atoms with E-state index < -0.39 is 0 Å². The van der Waals surface area contributed by atoms with Gasteiger partial charge in [0.25, 0.3) is 5.91 Å². The van der Waals surface area contributed by atoms with Crippen molar-refractivity contribution in [2.24, 2.45) is 0 Å². The molecule has 1 aromatic carbocycles. The Morgan fingerprint density at radius 1 is 0.903 bits per heavy atom. The molecule has 31 heavy (non-hydrogen) atoms. The Morgan fingerprint density at radius 3 is 2.48 bits per heavy atom. The molecule has 0 radical (unpaired) electrons. The summed E-state index contributed by atoms with van der Waals surface area (Å²) in [6.45, 7) is 4.28. The SMILES string of the molecule is Cc1cc(-c2ncc(CNC(=O)c3ccc(-c4cccc(F)c4)cn3)cc2C)ccn1. The Balaban J connectivity index is 1.42. The van der Waals surface area contributed by atoms with Crippen LogP contribution in [0.2, 0.25) is 0 Å². The minimum atomic E-state index is -0.312. The molecule has 3 aromatic heterocycles. The summed E-state index contributed by atoms with van der Waals surface area (Å²) in [7, 11) is 0. The lowest BCUT2D eigenvalue weighted by Crippen LogP contribution is -2.23. The smallest absolute Gasteiger partial charge is 0.270 e. The summed E-state index contributed by atoms with van der Waals surface area (Å²) >= 11 is 0. The van der Waals surface area contributed by atoms with E-state index in [0.29, 0.717) is 17.8 Å². The Bertz CT molecular complexity index is 1240. The zero-order valence-electron chi connectivity index (χ0n) is 17.3. The van der Waals surface area contributed by atoms with Crippen molar-refractivity contribution in [2.45, 2.75) is 20.4 Å². The highest BCUT2D eigenvalue weighted by atomic mass is 19.1. The maximum absolute atomic E-state index is 13.4. The van der Waals surface area contributed by atoms with Crippen molar-refractivity contribution in [1.82, 2.24) is 20.3 Å². The van der Waals surface area contributed by atoms with Crippen LogP contribution in [0.3, 0.4) is 0 Å². The Kier molecular flexibility index (Phi) is 5.80. The molecule has 1 amide bonds. The van der Waals surface area contributed by atoms with E-state index in [1.807, 2.05) is 32.0 Å². The average molecular weight is 412 g/mol. The van der Waals surface area contributed by atoms with Crippen LogP contribution in [0.15, 0.2) is 73.2 Å². The van der Waals surface area contributed by atoms with Gasteiger partial charge in [0.15, 0.2) is 0 Å². The summed E-state index contributed by atoms with van der Waals surface area (Å²) < 4.78 is 13.4. The molecule has 0 unspecified atom stereocenters. The van der Waals surface area contributed by atoms with Gasteiger partial charge in [-0.3, -0.25) is 19.7 Å². The molecule has 0 spiro atoms. The van der Waals surface area contributed by atoms with Crippen LogP contribution in [0.25, 0.3) is 22.4 Å². The van der Waals surface area contributed by atoms with Gasteiger partial charge in [0, 0.05) is 42.0 Å². The number of pyridine rings is 3. The van der Waals surface area contributed by atoms with Gasteiger partial charge in [-0.2, -0.15) is 0 Å². The molecule has 154 valence electrons. The maximum atomic E-state index is 13.4. The molecule has 0 aliphatic carbocycles. The van der Waals surface area contributed by atoms with Crippen molar-refractivity contribution in [1.29, 1.82) is 0 Å². The molecule has 0 aliphatic rings. The number of benzene rings is 1. The van der Waals surface area contributed by atoms with Gasteiger partial charge in [-0.1, -0.05) is 24.3 Å². The van der Waals surface area contributed by atoms with Crippen molar-refractivity contribution < 1.29 is 9.18 Å². The number of aromatic nitrogens is 3. The van der Waals surface area contributed by atoms with Gasteiger partial charge >= 0.3 is 0 Å². The molecular formula is C25H21FN4O. The first-order valence-corrected chi connectivity index (χ1v) is 9.88. The van der Waals surface area contributed by atoms with E-state index in [9.17, 15) is 9.18 Å². The summed E-state index contributed by atoms with van der Waals surface area (Å²) in [5, 5.41) is 2.87. The molecule has 4 rings (SSSR count). The van der Waals surface area contributed by atoms with E-state index in [-0.39, 0.29) is 11.7 Å². The number of amides is 1. The summed E-state index contributed by atoms with van der Waals surface area (Å²) in [5.74, 6) is -0.592. The van der Waals surface area contributed by atoms with Gasteiger partial charge in [-0.15, -0.1) is 0 Å². The van der Waals surface area contributed by atoms with Crippen LogP contribution in [0, 0.1) is 19.7 Å². The van der Waals surface area contributed by atoms with Crippen LogP contribution < -0.4 is 5.32 Å². The topological polar surface area (TPSA) is 67.8 Å². The van der Waals surface area contributed by atoms with Crippen LogP contribution in [0.4, 0.5) is 4.39 Å². The molecule has 0 fully saturated rings. The number of carbonyl (C=O) groups excluding carboxylic acids is 1. The van der Waals surface area contributed by atoms with Crippen molar-refractivity contribution in [3.05, 3.63) is 102 Å². The Labute approximate surface area is 180 Å². The number of halogens is 1. The molecule has 6 heteroatoms. The van der Waals surface area contributed by atoms with Crippen molar-refractivity contribution in [3.63, 3.8) is 0 Å². The second-order valence-electron chi connectivity index (χ2n) is 7.32. The summed E-state index contributed by atoms with van der Waals surface area (Å²) in [6.07, 6.45) is 5.10. The van der Waals surface area contributed by atoms with Gasteiger partial charge in [0.1, 0.15) is 11.5 Å². The second kappa shape index (κ2) is 8.83. The second-order valence-corrected chi connectivity index (χ2v) is 7.32. The normalized spacial score (nSPS) is 10.7. The third-order valence-electron chi connectivity index (χ3n) is 4.91. The molecule has 4 aromatic rings. The fourth-order valence-electron chi connectivity index (χ4n) is 3.36. The highest BCUT2D eigenvalue weighted by Gasteiger charge is 2.10. The van der Waals surface area contributed by atoms with Crippen LogP contribution in [-0.2, 0) is 6.54 Å². The van der Waals surface area contributed by atoms with Gasteiger partial charge in [-0.05, 0) is 60.9 Å². The standard InChI is InChI=1S/C25H21FN4O/c1-16-10-18(13-29-24(16)20-8-9-27-17(2)11-20)14-30-25(31)23-7-6-21(15-28-23)19-4-3-5-22(26)12-19/h3-13,15H,14H2,1-2H3,(H,30,31). The van der Waals surface area contributed by atoms with Crippen molar-refractivity contribution >= 4 is 5.91 Å². The van der Waals surface area contributed by atoms with Crippen LogP contribution in [0.5, 0.6) is 0 Å². The van der Waals surface area contributed by atoms with Gasteiger partial charge in [0.2, 0.25) is 0 Å². The third-order valence-corrected chi connectivity index (χ3v) is 4.91. The molecule has 5 nitrogen and oxygen atoms in total. The number of nitrogens with one attached hydrogen (secondary N) is 1. The van der Waals surface area contributed by atoms with E-state index in [2.05, 4.69) is 20.3 Å². The van der Waals surface area contributed by atoms with E-state index in [1.165, 1.54) is 12.1 Å². The Morgan fingerprint density at radius 2 is 1.77 bits per heavy atom. The van der Waals surface area contributed by atoms with Gasteiger partial charge in [0.05, 0.1) is 5.69 Å². The minimum absolute atomic E-state index is 0.280. The van der Waals surface area contributed by atoms with Gasteiger partial charge < -0.3 is 5.32 Å². The molecular weight excluding hydrogens is 391 g/mol. The molecule has 0 bridgehead atoms. The predicted molar refractivity (Wildman–Crippen MR) is 118 cm³/mol. The first kappa shape index (κ1) is 20.3. The molecule has 3 heterocycles. The average Bonchev–Trinajstić information content (AvgIpc) is 2.77. The number of carbonyl (C=O) groups is 1. The Hall–Kier alpha value is -3.93. The first-order valence-electron chi connectivity index (χ1n) is 9.88. The van der Waals surface area contributed by atoms with E-state index in [1.54, 1.807) is 42.9 Å². The minimum Gasteiger partial charge on any atom is -0.347 e. The summed E-state index contributed by atoms with van der Waals surface area (Å²) in [5.41, 5.74) is 6.54. The molecule has 0 aliphatic heterocycles. The van der Waals surface area contributed by atoms with Crippen LogP contribution >= 0.6 is 0 Å².